The molecule has 0 bridgehead atoms. The molecule has 10 rings (SSSR count). The first-order valence-corrected chi connectivity index (χ1v) is 15.9. The number of furan rings is 3. The number of rotatable bonds is 3. The van der Waals surface area contributed by atoms with Crippen LogP contribution in [0.15, 0.2) is 122 Å². The first-order chi connectivity index (χ1) is 25.0. The van der Waals surface area contributed by atoms with Gasteiger partial charge < -0.3 is 13.3 Å². The van der Waals surface area contributed by atoms with Crippen LogP contribution in [0.25, 0.3) is 100.0 Å². The molecule has 0 unspecified atom stereocenters. The van der Waals surface area contributed by atoms with Gasteiger partial charge in [0.05, 0.1) is 34.9 Å². The van der Waals surface area contributed by atoms with E-state index >= 15 is 0 Å². The molecule has 0 atom stereocenters. The van der Waals surface area contributed by atoms with Gasteiger partial charge in [-0.3, -0.25) is 0 Å². The minimum atomic E-state index is 0.440. The normalized spacial score (nSPS) is 11.5. The zero-order valence-electron chi connectivity index (χ0n) is 26.3. The van der Waals surface area contributed by atoms with Gasteiger partial charge in [-0.2, -0.15) is 15.8 Å². The van der Waals surface area contributed by atoms with Gasteiger partial charge in [0.25, 0.3) is 0 Å². The molecule has 0 N–H and O–H groups in total. The first-order valence-electron chi connectivity index (χ1n) is 15.9. The van der Waals surface area contributed by atoms with Crippen molar-refractivity contribution in [3.05, 3.63) is 126 Å². The van der Waals surface area contributed by atoms with Crippen LogP contribution in [-0.2, 0) is 0 Å². The number of benzene rings is 6. The Hall–Kier alpha value is -7.80. The van der Waals surface area contributed by atoms with Crippen molar-refractivity contribution in [3.8, 4) is 52.4 Å². The van der Waals surface area contributed by atoms with Crippen LogP contribution < -0.4 is 0 Å². The Morgan fingerprint density at radius 1 is 0.333 bits per heavy atom. The van der Waals surface area contributed by atoms with Gasteiger partial charge in [-0.05, 0) is 109 Å². The summed E-state index contributed by atoms with van der Waals surface area (Å²) in [6.45, 7) is 0. The van der Waals surface area contributed by atoms with Crippen molar-refractivity contribution in [1.82, 2.24) is 15.0 Å². The van der Waals surface area contributed by atoms with Crippen LogP contribution in [0, 0.1) is 34.0 Å². The Balaban J connectivity index is 1.20. The molecule has 0 fully saturated rings. The minimum Gasteiger partial charge on any atom is -0.456 e. The van der Waals surface area contributed by atoms with Crippen LogP contribution in [0.1, 0.15) is 16.7 Å². The highest BCUT2D eigenvalue weighted by atomic mass is 16.3. The summed E-state index contributed by atoms with van der Waals surface area (Å²) in [7, 11) is 0. The Labute approximate surface area is 287 Å². The van der Waals surface area contributed by atoms with E-state index in [0.29, 0.717) is 67.7 Å². The lowest BCUT2D eigenvalue weighted by Crippen LogP contribution is -2.00. The highest BCUT2D eigenvalue weighted by Gasteiger charge is 2.18. The number of nitrogens with zero attached hydrogens (tertiary/aromatic N) is 6. The minimum absolute atomic E-state index is 0.440. The lowest BCUT2D eigenvalue weighted by molar-refractivity contribution is 0.668. The fourth-order valence-corrected chi connectivity index (χ4v) is 6.72. The third kappa shape index (κ3) is 4.42. The second-order valence-electron chi connectivity index (χ2n) is 12.2. The van der Waals surface area contributed by atoms with E-state index < -0.39 is 0 Å². The summed E-state index contributed by atoms with van der Waals surface area (Å²) >= 11 is 0. The van der Waals surface area contributed by atoms with Crippen molar-refractivity contribution in [3.63, 3.8) is 0 Å². The number of hydrogen-bond acceptors (Lipinski definition) is 9. The van der Waals surface area contributed by atoms with E-state index in [2.05, 4.69) is 18.2 Å². The van der Waals surface area contributed by atoms with E-state index in [1.807, 2.05) is 72.8 Å². The highest BCUT2D eigenvalue weighted by Crippen LogP contribution is 2.37. The zero-order valence-corrected chi connectivity index (χ0v) is 26.3. The van der Waals surface area contributed by atoms with Gasteiger partial charge in [0.15, 0.2) is 17.5 Å². The quantitative estimate of drug-likeness (QED) is 0.181. The summed E-state index contributed by atoms with van der Waals surface area (Å²) < 4.78 is 18.2. The fourth-order valence-electron chi connectivity index (χ4n) is 6.72. The summed E-state index contributed by atoms with van der Waals surface area (Å²) in [6, 6.07) is 40.0. The molecule has 0 saturated heterocycles. The second-order valence-corrected chi connectivity index (χ2v) is 12.2. The fraction of sp³-hybridized carbons (Fsp3) is 0. The van der Waals surface area contributed by atoms with E-state index in [4.69, 9.17) is 28.2 Å². The average molecular weight is 655 g/mol. The molecule has 0 aliphatic carbocycles. The standard InChI is InChI=1S/C42H18N6O3/c43-19-22-1-7-34-28(13-22)31-16-25(4-10-37(31)49-34)40-46-41(26-5-11-38-32(17-26)29-14-23(20-44)2-8-35(29)50-38)48-42(47-40)27-6-12-39-33(18-27)30-15-24(21-45)3-9-36(30)51-39/h1-18H. The SMILES string of the molecule is N#Cc1ccc2oc3ccc(-c4nc(-c5ccc6oc7ccc(C#N)cc7c6c5)nc(-c5ccc6oc7ccc(C#N)cc7c6c5)n4)cc3c2c1. The molecule has 4 aromatic heterocycles. The van der Waals surface area contributed by atoms with Gasteiger partial charge in [-0.25, -0.2) is 15.0 Å². The summed E-state index contributed by atoms with van der Waals surface area (Å²) in [5.74, 6) is 1.32. The van der Waals surface area contributed by atoms with Crippen LogP contribution >= 0.6 is 0 Å². The van der Waals surface area contributed by atoms with Crippen LogP contribution in [0.2, 0.25) is 0 Å². The van der Waals surface area contributed by atoms with E-state index in [-0.39, 0.29) is 0 Å². The molecule has 0 saturated carbocycles. The molecule has 0 spiro atoms. The Morgan fingerprint density at radius 3 is 0.863 bits per heavy atom. The molecule has 10 aromatic rings. The monoisotopic (exact) mass is 654 g/mol. The van der Waals surface area contributed by atoms with Gasteiger partial charge in [0, 0.05) is 49.0 Å². The van der Waals surface area contributed by atoms with Crippen molar-refractivity contribution >= 4 is 65.8 Å². The maximum atomic E-state index is 9.54. The van der Waals surface area contributed by atoms with Crippen molar-refractivity contribution in [2.75, 3.05) is 0 Å². The summed E-state index contributed by atoms with van der Waals surface area (Å²) in [5.41, 5.74) is 7.90. The number of fused-ring (bicyclic) bond motifs is 9. The summed E-state index contributed by atoms with van der Waals surface area (Å²) in [6.07, 6.45) is 0. The number of aromatic nitrogens is 3. The van der Waals surface area contributed by atoms with Gasteiger partial charge in [-0.1, -0.05) is 0 Å². The largest absolute Gasteiger partial charge is 0.456 e. The van der Waals surface area contributed by atoms with Gasteiger partial charge in [0.1, 0.15) is 33.5 Å². The molecule has 6 aromatic carbocycles. The molecular weight excluding hydrogens is 637 g/mol. The van der Waals surface area contributed by atoms with Crippen molar-refractivity contribution in [1.29, 1.82) is 15.8 Å². The maximum Gasteiger partial charge on any atom is 0.164 e. The predicted octanol–water partition coefficient (Wildman–Crippen LogP) is 10.2. The molecule has 9 heteroatoms. The third-order valence-corrected chi connectivity index (χ3v) is 9.20. The van der Waals surface area contributed by atoms with Crippen LogP contribution in [-0.4, -0.2) is 15.0 Å². The highest BCUT2D eigenvalue weighted by molar-refractivity contribution is 6.08. The zero-order chi connectivity index (χ0) is 34.2. The maximum absolute atomic E-state index is 9.54. The Morgan fingerprint density at radius 2 is 0.588 bits per heavy atom. The Kier molecular flexibility index (Phi) is 5.87. The van der Waals surface area contributed by atoms with Crippen molar-refractivity contribution in [2.24, 2.45) is 0 Å². The van der Waals surface area contributed by atoms with E-state index in [1.54, 1.807) is 36.4 Å². The van der Waals surface area contributed by atoms with Gasteiger partial charge >= 0.3 is 0 Å². The molecule has 0 amide bonds. The van der Waals surface area contributed by atoms with Gasteiger partial charge in [0.2, 0.25) is 0 Å². The topological polar surface area (TPSA) is 149 Å². The molecule has 0 radical (unpaired) electrons. The predicted molar refractivity (Wildman–Crippen MR) is 192 cm³/mol. The Bertz CT molecular complexity index is 2900. The van der Waals surface area contributed by atoms with E-state index in [9.17, 15) is 15.8 Å². The van der Waals surface area contributed by atoms with Crippen molar-refractivity contribution in [2.45, 2.75) is 0 Å². The molecule has 9 nitrogen and oxygen atoms in total. The number of nitriles is 3. The van der Waals surface area contributed by atoms with Crippen LogP contribution in [0.3, 0.4) is 0 Å². The molecular formula is C42H18N6O3. The lowest BCUT2D eigenvalue weighted by Gasteiger charge is -2.09. The molecule has 234 valence electrons. The first kappa shape index (κ1) is 28.2. The molecule has 0 aliphatic rings. The lowest BCUT2D eigenvalue weighted by atomic mass is 10.1. The molecule has 51 heavy (non-hydrogen) atoms. The van der Waals surface area contributed by atoms with Gasteiger partial charge in [-0.15, -0.1) is 0 Å². The van der Waals surface area contributed by atoms with E-state index in [0.717, 1.165) is 49.0 Å². The van der Waals surface area contributed by atoms with Crippen LogP contribution in [0.5, 0.6) is 0 Å². The average Bonchev–Trinajstić information content (AvgIpc) is 3.86. The summed E-state index contributed by atoms with van der Waals surface area (Å²) in [5, 5.41) is 33.6. The van der Waals surface area contributed by atoms with Crippen LogP contribution in [0.4, 0.5) is 0 Å². The smallest absolute Gasteiger partial charge is 0.164 e. The second kappa shape index (κ2) is 10.6. The third-order valence-electron chi connectivity index (χ3n) is 9.20. The summed E-state index contributed by atoms with van der Waals surface area (Å²) in [4.78, 5) is 15.0. The van der Waals surface area contributed by atoms with E-state index in [1.165, 1.54) is 0 Å². The molecule has 0 aliphatic heterocycles. The number of hydrogen-bond donors (Lipinski definition) is 0. The van der Waals surface area contributed by atoms with Crippen molar-refractivity contribution < 1.29 is 13.3 Å². The molecule has 4 heterocycles.